The van der Waals surface area contributed by atoms with Gasteiger partial charge in [-0.1, -0.05) is 13.8 Å². The highest BCUT2D eigenvalue weighted by Gasteiger charge is 2.08. The summed E-state index contributed by atoms with van der Waals surface area (Å²) in [6.07, 6.45) is 0.420. The van der Waals surface area contributed by atoms with Gasteiger partial charge in [0.1, 0.15) is 0 Å². The molecular formula is C13H20N4O. The molecular weight excluding hydrogens is 228 g/mol. The first-order valence-corrected chi connectivity index (χ1v) is 6.22. The summed E-state index contributed by atoms with van der Waals surface area (Å²) in [6.45, 7) is 4.67. The number of nitrogens with zero attached hydrogens (tertiary/aromatic N) is 1. The molecule has 0 amide bonds. The molecule has 1 aromatic heterocycles. The summed E-state index contributed by atoms with van der Waals surface area (Å²) in [7, 11) is 0. The highest BCUT2D eigenvalue weighted by Crippen LogP contribution is 2.17. The summed E-state index contributed by atoms with van der Waals surface area (Å²) in [5.74, 6) is 1.15. The molecule has 0 bridgehead atoms. The maximum atomic E-state index is 9.78. The van der Waals surface area contributed by atoms with E-state index in [-0.39, 0.29) is 6.10 Å². The van der Waals surface area contributed by atoms with E-state index in [1.165, 1.54) is 0 Å². The summed E-state index contributed by atoms with van der Waals surface area (Å²) in [4.78, 5) is 7.50. The Kier molecular flexibility index (Phi) is 3.72. The highest BCUT2D eigenvalue weighted by atomic mass is 16.3. The molecule has 5 heteroatoms. The van der Waals surface area contributed by atoms with Crippen LogP contribution in [0.2, 0.25) is 0 Å². The third-order valence-electron chi connectivity index (χ3n) is 2.75. The van der Waals surface area contributed by atoms with E-state index in [9.17, 15) is 5.11 Å². The summed E-state index contributed by atoms with van der Waals surface area (Å²) < 4.78 is 0. The number of fused-ring (bicyclic) bond motifs is 1. The summed E-state index contributed by atoms with van der Waals surface area (Å²) in [5.41, 5.74) is 8.17. The molecule has 1 heterocycles. The smallest absolute Gasteiger partial charge is 0.201 e. The van der Waals surface area contributed by atoms with Crippen molar-refractivity contribution < 1.29 is 5.11 Å². The number of benzene rings is 1. The lowest BCUT2D eigenvalue weighted by molar-refractivity contribution is 0.161. The first-order valence-electron chi connectivity index (χ1n) is 6.22. The lowest BCUT2D eigenvalue weighted by atomic mass is 10.1. The van der Waals surface area contributed by atoms with Gasteiger partial charge < -0.3 is 21.1 Å². The van der Waals surface area contributed by atoms with Crippen molar-refractivity contribution in [2.24, 2.45) is 5.92 Å². The maximum absolute atomic E-state index is 9.78. The SMILES string of the molecule is CC(C)CC(O)CNc1nc2ccc(N)cc2[nH]1. The quantitative estimate of drug-likeness (QED) is 0.609. The number of hydrogen-bond acceptors (Lipinski definition) is 4. The van der Waals surface area contributed by atoms with E-state index in [0.717, 1.165) is 17.5 Å². The molecule has 0 saturated heterocycles. The van der Waals surface area contributed by atoms with Gasteiger partial charge in [-0.2, -0.15) is 0 Å². The molecule has 98 valence electrons. The van der Waals surface area contributed by atoms with Gasteiger partial charge in [-0.05, 0) is 30.5 Å². The second-order valence-corrected chi connectivity index (χ2v) is 5.03. The van der Waals surface area contributed by atoms with Crippen LogP contribution >= 0.6 is 0 Å². The average molecular weight is 248 g/mol. The van der Waals surface area contributed by atoms with E-state index >= 15 is 0 Å². The van der Waals surface area contributed by atoms with E-state index in [2.05, 4.69) is 29.1 Å². The summed E-state index contributed by atoms with van der Waals surface area (Å²) >= 11 is 0. The Labute approximate surface area is 106 Å². The van der Waals surface area contributed by atoms with Crippen molar-refractivity contribution in [3.8, 4) is 0 Å². The molecule has 0 fully saturated rings. The predicted octanol–water partition coefficient (Wildman–Crippen LogP) is 1.96. The predicted molar refractivity (Wildman–Crippen MR) is 74.5 cm³/mol. The van der Waals surface area contributed by atoms with Crippen LogP contribution in [0.15, 0.2) is 18.2 Å². The molecule has 0 radical (unpaired) electrons. The minimum absolute atomic E-state index is 0.358. The standard InChI is InChI=1S/C13H20N4O/c1-8(2)5-10(18)7-15-13-16-11-4-3-9(14)6-12(11)17-13/h3-4,6,8,10,18H,5,7,14H2,1-2H3,(H2,15,16,17). The molecule has 1 aromatic carbocycles. The van der Waals surface area contributed by atoms with Crippen LogP contribution in [0.4, 0.5) is 11.6 Å². The van der Waals surface area contributed by atoms with E-state index < -0.39 is 0 Å². The lowest BCUT2D eigenvalue weighted by Gasteiger charge is -2.13. The Hall–Kier alpha value is -1.75. The fraction of sp³-hybridized carbons (Fsp3) is 0.462. The van der Waals surface area contributed by atoms with Gasteiger partial charge in [-0.3, -0.25) is 0 Å². The maximum Gasteiger partial charge on any atom is 0.201 e. The lowest BCUT2D eigenvalue weighted by Crippen LogP contribution is -2.21. The van der Waals surface area contributed by atoms with Crippen LogP contribution < -0.4 is 11.1 Å². The van der Waals surface area contributed by atoms with Gasteiger partial charge in [0, 0.05) is 12.2 Å². The zero-order valence-electron chi connectivity index (χ0n) is 10.8. The van der Waals surface area contributed by atoms with Crippen LogP contribution in [0.25, 0.3) is 11.0 Å². The number of aliphatic hydroxyl groups excluding tert-OH is 1. The number of imidazole rings is 1. The first kappa shape index (κ1) is 12.7. The largest absolute Gasteiger partial charge is 0.399 e. The summed E-state index contributed by atoms with van der Waals surface area (Å²) in [5, 5.41) is 12.9. The van der Waals surface area contributed by atoms with Crippen molar-refractivity contribution >= 4 is 22.7 Å². The van der Waals surface area contributed by atoms with Gasteiger partial charge >= 0.3 is 0 Å². The van der Waals surface area contributed by atoms with Crippen LogP contribution in [-0.4, -0.2) is 27.7 Å². The number of rotatable bonds is 5. The van der Waals surface area contributed by atoms with Crippen molar-refractivity contribution in [2.45, 2.75) is 26.4 Å². The Bertz CT molecular complexity index is 521. The number of nitrogens with one attached hydrogen (secondary N) is 2. The molecule has 5 nitrogen and oxygen atoms in total. The second kappa shape index (κ2) is 5.27. The van der Waals surface area contributed by atoms with E-state index in [1.54, 1.807) is 0 Å². The monoisotopic (exact) mass is 248 g/mol. The van der Waals surface area contributed by atoms with Crippen molar-refractivity contribution in [1.29, 1.82) is 0 Å². The number of hydrogen-bond donors (Lipinski definition) is 4. The Balaban J connectivity index is 1.99. The molecule has 1 unspecified atom stereocenters. The van der Waals surface area contributed by atoms with Crippen LogP contribution in [0, 0.1) is 5.92 Å². The van der Waals surface area contributed by atoms with Gasteiger partial charge in [0.25, 0.3) is 0 Å². The van der Waals surface area contributed by atoms with E-state index in [0.29, 0.717) is 24.1 Å². The third-order valence-corrected chi connectivity index (χ3v) is 2.75. The molecule has 0 aliphatic rings. The Morgan fingerprint density at radius 3 is 2.94 bits per heavy atom. The van der Waals surface area contributed by atoms with Crippen LogP contribution in [0.5, 0.6) is 0 Å². The molecule has 0 aliphatic heterocycles. The van der Waals surface area contributed by atoms with Crippen LogP contribution in [0.3, 0.4) is 0 Å². The van der Waals surface area contributed by atoms with Gasteiger partial charge in [0.05, 0.1) is 17.1 Å². The molecule has 0 saturated carbocycles. The number of H-pyrrole nitrogens is 1. The fourth-order valence-electron chi connectivity index (χ4n) is 1.95. The van der Waals surface area contributed by atoms with Crippen molar-refractivity contribution in [1.82, 2.24) is 9.97 Å². The molecule has 2 rings (SSSR count). The Morgan fingerprint density at radius 2 is 2.22 bits per heavy atom. The molecule has 2 aromatic rings. The van der Waals surface area contributed by atoms with Gasteiger partial charge in [0.15, 0.2) is 0 Å². The molecule has 5 N–H and O–H groups in total. The molecule has 0 aliphatic carbocycles. The minimum atomic E-state index is -0.358. The Morgan fingerprint density at radius 1 is 1.44 bits per heavy atom. The summed E-state index contributed by atoms with van der Waals surface area (Å²) in [6, 6.07) is 5.54. The number of aliphatic hydroxyl groups is 1. The zero-order chi connectivity index (χ0) is 13.1. The van der Waals surface area contributed by atoms with Gasteiger partial charge in [-0.15, -0.1) is 0 Å². The van der Waals surface area contributed by atoms with E-state index in [4.69, 9.17) is 5.73 Å². The van der Waals surface area contributed by atoms with Crippen molar-refractivity contribution in [3.05, 3.63) is 18.2 Å². The highest BCUT2D eigenvalue weighted by molar-refractivity contribution is 5.80. The first-order chi connectivity index (χ1) is 8.54. The second-order valence-electron chi connectivity index (χ2n) is 5.03. The van der Waals surface area contributed by atoms with E-state index in [1.807, 2.05) is 18.2 Å². The number of nitrogens with two attached hydrogens (primary N) is 1. The topological polar surface area (TPSA) is 87.0 Å². The zero-order valence-corrected chi connectivity index (χ0v) is 10.8. The number of anilines is 2. The number of nitrogen functional groups attached to an aromatic ring is 1. The van der Waals surface area contributed by atoms with Crippen molar-refractivity contribution in [3.63, 3.8) is 0 Å². The van der Waals surface area contributed by atoms with Gasteiger partial charge in [-0.25, -0.2) is 4.98 Å². The molecule has 1 atom stereocenters. The fourth-order valence-corrected chi connectivity index (χ4v) is 1.95. The number of aromatic nitrogens is 2. The van der Waals surface area contributed by atoms with Gasteiger partial charge in [0.2, 0.25) is 5.95 Å². The molecule has 0 spiro atoms. The van der Waals surface area contributed by atoms with Crippen molar-refractivity contribution in [2.75, 3.05) is 17.6 Å². The van der Waals surface area contributed by atoms with Crippen LogP contribution in [-0.2, 0) is 0 Å². The normalized spacial score (nSPS) is 13.1. The third kappa shape index (κ3) is 3.13. The van der Waals surface area contributed by atoms with Crippen LogP contribution in [0.1, 0.15) is 20.3 Å². The molecule has 18 heavy (non-hydrogen) atoms. The number of aromatic amines is 1. The average Bonchev–Trinajstić information content (AvgIpc) is 2.67. The minimum Gasteiger partial charge on any atom is -0.399 e.